The maximum Gasteiger partial charge on any atom is 0.269 e. The molecule has 0 bridgehead atoms. The van der Waals surface area contributed by atoms with Crippen LogP contribution in [0.25, 0.3) is 0 Å². The number of rotatable bonds is 4. The van der Waals surface area contributed by atoms with E-state index in [2.05, 4.69) is 0 Å². The second-order valence-corrected chi connectivity index (χ2v) is 6.98. The van der Waals surface area contributed by atoms with Gasteiger partial charge in [-0.25, -0.2) is 4.39 Å². The largest absolute Gasteiger partial charge is 0.323 e. The zero-order valence-corrected chi connectivity index (χ0v) is 15.3. The average Bonchev–Trinajstić information content (AvgIpc) is 2.94. The minimum atomic E-state index is -0.473. The first kappa shape index (κ1) is 18.1. The fourth-order valence-electron chi connectivity index (χ4n) is 3.48. The van der Waals surface area contributed by atoms with Gasteiger partial charge >= 0.3 is 0 Å². The Morgan fingerprint density at radius 2 is 1.71 bits per heavy atom. The summed E-state index contributed by atoms with van der Waals surface area (Å²) in [6.45, 7) is 0.237. The highest BCUT2D eigenvalue weighted by Gasteiger charge is 2.37. The molecule has 0 saturated heterocycles. The number of nitro groups is 1. The zero-order valence-electron chi connectivity index (χ0n) is 14.5. The van der Waals surface area contributed by atoms with E-state index in [1.54, 1.807) is 35.2 Å². The molecule has 1 heterocycles. The molecule has 1 amide bonds. The molecule has 0 spiro atoms. The first-order valence-electron chi connectivity index (χ1n) is 8.53. The second kappa shape index (κ2) is 7.05. The maximum atomic E-state index is 13.7. The zero-order chi connectivity index (χ0) is 19.8. The van der Waals surface area contributed by atoms with Crippen molar-refractivity contribution in [1.29, 1.82) is 0 Å². The van der Waals surface area contributed by atoms with Gasteiger partial charge in [0.25, 0.3) is 11.6 Å². The Morgan fingerprint density at radius 1 is 1.04 bits per heavy atom. The molecule has 0 radical (unpaired) electrons. The molecule has 0 aromatic heterocycles. The van der Waals surface area contributed by atoms with Crippen LogP contribution in [0.2, 0.25) is 5.02 Å². The van der Waals surface area contributed by atoms with Crippen molar-refractivity contribution in [2.75, 3.05) is 0 Å². The van der Waals surface area contributed by atoms with Crippen LogP contribution in [0.1, 0.15) is 33.1 Å². The van der Waals surface area contributed by atoms with Crippen LogP contribution in [0, 0.1) is 15.9 Å². The Hall–Kier alpha value is -3.25. The van der Waals surface area contributed by atoms with Crippen LogP contribution in [0.5, 0.6) is 0 Å². The number of carbonyl (C=O) groups is 1. The van der Waals surface area contributed by atoms with Gasteiger partial charge in [-0.05, 0) is 41.0 Å². The maximum absolute atomic E-state index is 13.7. The summed E-state index contributed by atoms with van der Waals surface area (Å²) < 4.78 is 13.7. The van der Waals surface area contributed by atoms with E-state index in [1.165, 1.54) is 24.3 Å². The standard InChI is InChI=1S/C21H14ClFN2O3/c22-15-5-3-14(4-6-15)20-18-10-7-16(23)11-19(18)21(26)24(20)12-13-1-8-17(9-2-13)25(27)28/h1-11,20H,12H2. The molecule has 5 nitrogen and oxygen atoms in total. The van der Waals surface area contributed by atoms with Crippen LogP contribution < -0.4 is 0 Å². The number of carbonyl (C=O) groups excluding carboxylic acids is 1. The molecule has 1 aliphatic rings. The lowest BCUT2D eigenvalue weighted by molar-refractivity contribution is -0.384. The predicted octanol–water partition coefficient (Wildman–Crippen LogP) is 5.13. The van der Waals surface area contributed by atoms with Gasteiger partial charge in [-0.15, -0.1) is 0 Å². The number of hydrogen-bond acceptors (Lipinski definition) is 3. The number of non-ortho nitro benzene ring substituents is 1. The fourth-order valence-corrected chi connectivity index (χ4v) is 3.61. The lowest BCUT2D eigenvalue weighted by Crippen LogP contribution is -2.28. The number of amides is 1. The van der Waals surface area contributed by atoms with Crippen molar-refractivity contribution in [2.45, 2.75) is 12.6 Å². The monoisotopic (exact) mass is 396 g/mol. The van der Waals surface area contributed by atoms with Crippen molar-refractivity contribution in [3.05, 3.63) is 110 Å². The third-order valence-electron chi connectivity index (χ3n) is 4.80. The van der Waals surface area contributed by atoms with Crippen molar-refractivity contribution in [3.8, 4) is 0 Å². The van der Waals surface area contributed by atoms with Crippen molar-refractivity contribution in [1.82, 2.24) is 4.90 Å². The summed E-state index contributed by atoms with van der Waals surface area (Å²) in [5, 5.41) is 11.4. The van der Waals surface area contributed by atoms with Crippen LogP contribution in [-0.4, -0.2) is 15.7 Å². The van der Waals surface area contributed by atoms with E-state index >= 15 is 0 Å². The van der Waals surface area contributed by atoms with Crippen LogP contribution in [0.15, 0.2) is 66.7 Å². The molecule has 140 valence electrons. The minimum Gasteiger partial charge on any atom is -0.323 e. The quantitative estimate of drug-likeness (QED) is 0.453. The highest BCUT2D eigenvalue weighted by Crippen LogP contribution is 2.40. The Labute approximate surface area is 165 Å². The average molecular weight is 397 g/mol. The molecular formula is C21H14ClFN2O3. The minimum absolute atomic E-state index is 0.0175. The fraction of sp³-hybridized carbons (Fsp3) is 0.0952. The molecule has 0 aliphatic carbocycles. The SMILES string of the molecule is O=C1c2cc(F)ccc2C(c2ccc(Cl)cc2)N1Cc1ccc([N+](=O)[O-])cc1. The predicted molar refractivity (Wildman–Crippen MR) is 103 cm³/mol. The van der Waals surface area contributed by atoms with Crippen LogP contribution in [-0.2, 0) is 6.54 Å². The lowest BCUT2D eigenvalue weighted by atomic mass is 9.97. The van der Waals surface area contributed by atoms with Crippen molar-refractivity contribution < 1.29 is 14.1 Å². The number of hydrogen-bond donors (Lipinski definition) is 0. The number of benzene rings is 3. The van der Waals surface area contributed by atoms with Crippen molar-refractivity contribution in [3.63, 3.8) is 0 Å². The Kier molecular flexibility index (Phi) is 4.57. The summed E-state index contributed by atoms with van der Waals surface area (Å²) in [5.74, 6) is -0.757. The molecule has 0 saturated carbocycles. The Balaban J connectivity index is 1.74. The van der Waals surface area contributed by atoms with Crippen LogP contribution in [0.3, 0.4) is 0 Å². The third-order valence-corrected chi connectivity index (χ3v) is 5.05. The molecule has 1 aliphatic heterocycles. The van der Waals surface area contributed by atoms with Gasteiger partial charge in [0.1, 0.15) is 5.82 Å². The summed E-state index contributed by atoms with van der Waals surface area (Å²) in [4.78, 5) is 25.0. The summed E-state index contributed by atoms with van der Waals surface area (Å²) in [7, 11) is 0. The second-order valence-electron chi connectivity index (χ2n) is 6.54. The highest BCUT2D eigenvalue weighted by molar-refractivity contribution is 6.30. The molecule has 1 atom stereocenters. The van der Waals surface area contributed by atoms with Gasteiger partial charge in [-0.3, -0.25) is 14.9 Å². The normalized spacial score (nSPS) is 15.6. The smallest absolute Gasteiger partial charge is 0.269 e. The molecule has 0 N–H and O–H groups in total. The van der Waals surface area contributed by atoms with Gasteiger partial charge < -0.3 is 4.90 Å². The summed E-state index contributed by atoms with van der Waals surface area (Å²) in [5.41, 5.74) is 2.62. The van der Waals surface area contributed by atoms with Gasteiger partial charge in [0.15, 0.2) is 0 Å². The van der Waals surface area contributed by atoms with Crippen LogP contribution in [0.4, 0.5) is 10.1 Å². The molecular weight excluding hydrogens is 383 g/mol. The number of halogens is 2. The van der Waals surface area contributed by atoms with Crippen molar-refractivity contribution in [2.24, 2.45) is 0 Å². The van der Waals surface area contributed by atoms with Crippen LogP contribution >= 0.6 is 11.6 Å². The van der Waals surface area contributed by atoms with E-state index in [0.717, 1.165) is 16.7 Å². The lowest BCUT2D eigenvalue weighted by Gasteiger charge is -2.26. The van der Waals surface area contributed by atoms with E-state index in [4.69, 9.17) is 11.6 Å². The molecule has 28 heavy (non-hydrogen) atoms. The molecule has 4 rings (SSSR count). The molecule has 3 aromatic carbocycles. The third kappa shape index (κ3) is 3.23. The number of nitrogens with zero attached hydrogens (tertiary/aromatic N) is 2. The van der Waals surface area contributed by atoms with E-state index in [9.17, 15) is 19.3 Å². The molecule has 3 aromatic rings. The van der Waals surface area contributed by atoms with Gasteiger partial charge in [0.2, 0.25) is 0 Å². The van der Waals surface area contributed by atoms with Crippen molar-refractivity contribution >= 4 is 23.2 Å². The molecule has 0 fully saturated rings. The first-order chi connectivity index (χ1) is 13.4. The Morgan fingerprint density at radius 3 is 2.36 bits per heavy atom. The highest BCUT2D eigenvalue weighted by atomic mass is 35.5. The van der Waals surface area contributed by atoms with Gasteiger partial charge in [-0.1, -0.05) is 41.9 Å². The number of fused-ring (bicyclic) bond motifs is 1. The van der Waals surface area contributed by atoms with Gasteiger partial charge in [-0.2, -0.15) is 0 Å². The Bertz CT molecular complexity index is 1070. The first-order valence-corrected chi connectivity index (χ1v) is 8.91. The summed E-state index contributed by atoms with van der Waals surface area (Å²) in [6.07, 6.45) is 0. The molecule has 1 unspecified atom stereocenters. The van der Waals surface area contributed by atoms with Gasteiger partial charge in [0, 0.05) is 29.3 Å². The summed E-state index contributed by atoms with van der Waals surface area (Å²) >= 11 is 5.99. The van der Waals surface area contributed by atoms with E-state index < -0.39 is 16.8 Å². The molecule has 7 heteroatoms. The van der Waals surface area contributed by atoms with E-state index in [0.29, 0.717) is 10.6 Å². The number of nitro benzene ring substituents is 1. The van der Waals surface area contributed by atoms with E-state index in [1.807, 2.05) is 12.1 Å². The van der Waals surface area contributed by atoms with E-state index in [-0.39, 0.29) is 18.1 Å². The summed E-state index contributed by atoms with van der Waals surface area (Å²) in [6, 6.07) is 17.0. The van der Waals surface area contributed by atoms with Gasteiger partial charge in [0.05, 0.1) is 11.0 Å². The topological polar surface area (TPSA) is 63.5 Å².